The van der Waals surface area contributed by atoms with Gasteiger partial charge in [-0.3, -0.25) is 4.79 Å². The highest BCUT2D eigenvalue weighted by molar-refractivity contribution is 9.10. The monoisotopic (exact) mass is 420 g/mol. The van der Waals surface area contributed by atoms with E-state index in [4.69, 9.17) is 4.74 Å². The summed E-state index contributed by atoms with van der Waals surface area (Å²) < 4.78 is 8.70. The van der Waals surface area contributed by atoms with Crippen LogP contribution in [0.15, 0.2) is 34.9 Å². The summed E-state index contributed by atoms with van der Waals surface area (Å²) in [5.41, 5.74) is 1.11. The lowest BCUT2D eigenvalue weighted by Gasteiger charge is -2.06. The van der Waals surface area contributed by atoms with Crippen LogP contribution in [0.1, 0.15) is 30.4 Å². The number of amides is 1. The first-order valence-electron chi connectivity index (χ1n) is 8.18. The lowest BCUT2D eigenvalue weighted by Crippen LogP contribution is -2.14. The number of aryl methyl sites for hydroxylation is 1. The third kappa shape index (κ3) is 3.75. The maximum Gasteiger partial charge on any atom is 0.227 e. The summed E-state index contributed by atoms with van der Waals surface area (Å²) >= 11 is 4.88. The first kappa shape index (κ1) is 16.7. The molecule has 1 fully saturated rings. The van der Waals surface area contributed by atoms with Crippen LogP contribution in [0.2, 0.25) is 0 Å². The van der Waals surface area contributed by atoms with Crippen LogP contribution in [0, 0.1) is 0 Å². The fourth-order valence-electron chi connectivity index (χ4n) is 2.94. The second kappa shape index (κ2) is 7.23. The second-order valence-electron chi connectivity index (χ2n) is 5.96. The highest BCUT2D eigenvalue weighted by Gasteiger charge is 2.22. The first-order valence-corrected chi connectivity index (χ1v) is 9.79. The number of halogens is 1. The number of hydrogen-bond acceptors (Lipinski definition) is 5. The van der Waals surface area contributed by atoms with Crippen molar-refractivity contribution >= 4 is 49.2 Å². The van der Waals surface area contributed by atoms with Gasteiger partial charge in [-0.2, -0.15) is 0 Å². The van der Waals surface area contributed by atoms with Gasteiger partial charge in [-0.25, -0.2) is 0 Å². The maximum absolute atomic E-state index is 12.2. The molecule has 130 valence electrons. The average Bonchev–Trinajstić information content (AvgIpc) is 3.33. The Hall–Kier alpha value is -1.77. The van der Waals surface area contributed by atoms with Gasteiger partial charge in [0.15, 0.2) is 0 Å². The SMILES string of the molecule is O=C(CCn1ccc2ccc(Br)cc21)Nc1nnc([C@H]2CCCO2)s1. The quantitative estimate of drug-likeness (QED) is 0.673. The van der Waals surface area contributed by atoms with Crippen LogP contribution in [0.5, 0.6) is 0 Å². The van der Waals surface area contributed by atoms with Gasteiger partial charge in [0.1, 0.15) is 11.1 Å². The largest absolute Gasteiger partial charge is 0.371 e. The van der Waals surface area contributed by atoms with Gasteiger partial charge in [-0.15, -0.1) is 10.2 Å². The van der Waals surface area contributed by atoms with Crippen molar-refractivity contribution in [1.82, 2.24) is 14.8 Å². The number of aromatic nitrogens is 3. The number of ether oxygens (including phenoxy) is 1. The number of carbonyl (C=O) groups is 1. The Labute approximate surface area is 157 Å². The Morgan fingerprint density at radius 3 is 3.16 bits per heavy atom. The Kier molecular flexibility index (Phi) is 4.82. The lowest BCUT2D eigenvalue weighted by molar-refractivity contribution is -0.116. The van der Waals surface area contributed by atoms with Crippen molar-refractivity contribution in [1.29, 1.82) is 0 Å². The van der Waals surface area contributed by atoms with Crippen molar-refractivity contribution in [2.24, 2.45) is 0 Å². The predicted octanol–water partition coefficient (Wildman–Crippen LogP) is 4.14. The van der Waals surface area contributed by atoms with Crippen LogP contribution in [-0.2, 0) is 16.1 Å². The summed E-state index contributed by atoms with van der Waals surface area (Å²) in [4.78, 5) is 12.2. The molecule has 0 bridgehead atoms. The molecule has 1 aliphatic heterocycles. The van der Waals surface area contributed by atoms with Crippen molar-refractivity contribution in [2.75, 3.05) is 11.9 Å². The smallest absolute Gasteiger partial charge is 0.227 e. The normalized spacial score (nSPS) is 17.2. The number of hydrogen-bond donors (Lipinski definition) is 1. The van der Waals surface area contributed by atoms with E-state index in [2.05, 4.69) is 54.2 Å². The predicted molar refractivity (Wildman–Crippen MR) is 101 cm³/mol. The number of nitrogens with one attached hydrogen (secondary N) is 1. The maximum atomic E-state index is 12.2. The molecule has 0 unspecified atom stereocenters. The van der Waals surface area contributed by atoms with E-state index in [0.29, 0.717) is 18.1 Å². The topological polar surface area (TPSA) is 69.0 Å². The second-order valence-corrected chi connectivity index (χ2v) is 7.88. The number of fused-ring (bicyclic) bond motifs is 1. The van der Waals surface area contributed by atoms with Crippen LogP contribution in [-0.4, -0.2) is 27.3 Å². The van der Waals surface area contributed by atoms with Gasteiger partial charge in [0.05, 0.1) is 0 Å². The number of benzene rings is 1. The van der Waals surface area contributed by atoms with Gasteiger partial charge in [0.2, 0.25) is 11.0 Å². The molecule has 0 aliphatic carbocycles. The Bertz CT molecular complexity index is 901. The average molecular weight is 421 g/mol. The zero-order chi connectivity index (χ0) is 17.2. The fraction of sp³-hybridized carbons (Fsp3) is 0.353. The van der Waals surface area contributed by atoms with E-state index in [0.717, 1.165) is 39.8 Å². The number of anilines is 1. The summed E-state index contributed by atoms with van der Waals surface area (Å²) in [5.74, 6) is -0.0631. The third-order valence-electron chi connectivity index (χ3n) is 4.21. The molecule has 1 aliphatic rings. The Balaban J connectivity index is 1.36. The van der Waals surface area contributed by atoms with Crippen molar-refractivity contribution in [3.05, 3.63) is 39.9 Å². The highest BCUT2D eigenvalue weighted by Crippen LogP contribution is 2.31. The van der Waals surface area contributed by atoms with E-state index >= 15 is 0 Å². The van der Waals surface area contributed by atoms with E-state index in [9.17, 15) is 4.79 Å². The molecule has 0 saturated carbocycles. The molecule has 1 amide bonds. The molecular weight excluding hydrogens is 404 g/mol. The zero-order valence-electron chi connectivity index (χ0n) is 13.4. The summed E-state index contributed by atoms with van der Waals surface area (Å²) in [5, 5.41) is 13.6. The van der Waals surface area contributed by atoms with Crippen LogP contribution in [0.4, 0.5) is 5.13 Å². The van der Waals surface area contributed by atoms with E-state index < -0.39 is 0 Å². The molecule has 25 heavy (non-hydrogen) atoms. The molecule has 4 rings (SSSR count). The van der Waals surface area contributed by atoms with Crippen LogP contribution >= 0.6 is 27.3 Å². The summed E-state index contributed by atoms with van der Waals surface area (Å²) in [7, 11) is 0. The fourth-order valence-corrected chi connectivity index (χ4v) is 4.14. The summed E-state index contributed by atoms with van der Waals surface area (Å²) in [6.07, 6.45) is 4.44. The molecule has 6 nitrogen and oxygen atoms in total. The van der Waals surface area contributed by atoms with E-state index in [1.165, 1.54) is 11.3 Å². The lowest BCUT2D eigenvalue weighted by atomic mass is 10.2. The zero-order valence-corrected chi connectivity index (χ0v) is 15.8. The first-order chi connectivity index (χ1) is 12.2. The van der Waals surface area contributed by atoms with Gasteiger partial charge >= 0.3 is 0 Å². The molecular formula is C17H17BrN4O2S. The minimum absolute atomic E-state index is 0.0350. The summed E-state index contributed by atoms with van der Waals surface area (Å²) in [6.45, 7) is 1.38. The van der Waals surface area contributed by atoms with E-state index in [-0.39, 0.29) is 12.0 Å². The van der Waals surface area contributed by atoms with Crippen LogP contribution in [0.3, 0.4) is 0 Å². The molecule has 2 aromatic heterocycles. The van der Waals surface area contributed by atoms with Crippen molar-refractivity contribution in [3.63, 3.8) is 0 Å². The van der Waals surface area contributed by atoms with E-state index in [1.54, 1.807) is 0 Å². The molecule has 3 heterocycles. The van der Waals surface area contributed by atoms with Crippen LogP contribution in [0.25, 0.3) is 10.9 Å². The summed E-state index contributed by atoms with van der Waals surface area (Å²) in [6, 6.07) is 8.19. The molecule has 0 radical (unpaired) electrons. The Morgan fingerprint density at radius 2 is 2.32 bits per heavy atom. The van der Waals surface area contributed by atoms with Gasteiger partial charge in [-0.1, -0.05) is 33.3 Å². The number of nitrogens with zero attached hydrogens (tertiary/aromatic N) is 3. The Morgan fingerprint density at radius 1 is 1.40 bits per heavy atom. The molecule has 8 heteroatoms. The minimum atomic E-state index is -0.0631. The van der Waals surface area contributed by atoms with Gasteiger partial charge < -0.3 is 14.6 Å². The number of rotatable bonds is 5. The van der Waals surface area contributed by atoms with Crippen molar-refractivity contribution < 1.29 is 9.53 Å². The molecule has 1 aromatic carbocycles. The molecule has 1 saturated heterocycles. The standard InChI is InChI=1S/C17H17BrN4O2S/c18-12-4-3-11-5-7-22(13(11)10-12)8-6-15(23)19-17-21-20-16(25-17)14-2-1-9-24-14/h3-5,7,10,14H,1-2,6,8-9H2,(H,19,21,23)/t14-/m1/s1. The molecule has 1 atom stereocenters. The highest BCUT2D eigenvalue weighted by atomic mass is 79.9. The van der Waals surface area contributed by atoms with Crippen molar-refractivity contribution in [3.8, 4) is 0 Å². The molecule has 0 spiro atoms. The van der Waals surface area contributed by atoms with Crippen molar-refractivity contribution in [2.45, 2.75) is 31.9 Å². The van der Waals surface area contributed by atoms with Gasteiger partial charge in [-0.05, 0) is 36.4 Å². The van der Waals surface area contributed by atoms with Gasteiger partial charge in [0.25, 0.3) is 0 Å². The van der Waals surface area contributed by atoms with E-state index in [1.807, 2.05) is 12.3 Å². The van der Waals surface area contributed by atoms with Crippen LogP contribution < -0.4 is 5.32 Å². The molecule has 3 aromatic rings. The number of carbonyl (C=O) groups excluding carboxylic acids is 1. The molecule has 1 N–H and O–H groups in total. The van der Waals surface area contributed by atoms with Gasteiger partial charge in [0, 0.05) is 35.8 Å². The minimum Gasteiger partial charge on any atom is -0.371 e. The third-order valence-corrected chi connectivity index (χ3v) is 5.63.